The first-order chi connectivity index (χ1) is 7.70. The van der Waals surface area contributed by atoms with Crippen molar-refractivity contribution in [3.8, 4) is 0 Å². The lowest BCUT2D eigenvalue weighted by atomic mass is 9.98. The number of benzene rings is 1. The molecule has 0 unspecified atom stereocenters. The fourth-order valence-corrected chi connectivity index (χ4v) is 1.66. The highest BCUT2D eigenvalue weighted by atomic mass is 16.4. The standard InChI is InChI=1S/C7H6O2.C6H12O/c8-7(9)6-4-2-1-3-5-6;7-6-4-2-1-3-5-6/h1-5H,(H,8,9);6-7H,1-5H2. The molecular formula is C13H18O3. The summed E-state index contributed by atoms with van der Waals surface area (Å²) in [6.45, 7) is 0. The molecule has 1 aromatic rings. The molecule has 1 aromatic carbocycles. The van der Waals surface area contributed by atoms with Crippen molar-refractivity contribution < 1.29 is 15.0 Å². The van der Waals surface area contributed by atoms with Gasteiger partial charge in [-0.25, -0.2) is 4.79 Å². The molecule has 88 valence electrons. The summed E-state index contributed by atoms with van der Waals surface area (Å²) in [6.07, 6.45) is 5.92. The second kappa shape index (κ2) is 7.01. The van der Waals surface area contributed by atoms with E-state index in [1.165, 1.54) is 19.3 Å². The molecule has 3 nitrogen and oxygen atoms in total. The van der Waals surface area contributed by atoms with Crippen LogP contribution in [0.15, 0.2) is 30.3 Å². The number of aliphatic hydroxyl groups excluding tert-OH is 1. The predicted octanol–water partition coefficient (Wildman–Crippen LogP) is 2.70. The Morgan fingerprint density at radius 3 is 1.94 bits per heavy atom. The van der Waals surface area contributed by atoms with Crippen LogP contribution in [0.4, 0.5) is 0 Å². The SMILES string of the molecule is O=C(O)c1ccccc1.OC1CCCCC1. The minimum Gasteiger partial charge on any atom is -0.478 e. The Hall–Kier alpha value is -1.35. The average molecular weight is 222 g/mol. The molecule has 1 aliphatic rings. The zero-order valence-electron chi connectivity index (χ0n) is 9.30. The lowest BCUT2D eigenvalue weighted by molar-refractivity contribution is 0.0697. The quantitative estimate of drug-likeness (QED) is 0.768. The van der Waals surface area contributed by atoms with Gasteiger partial charge >= 0.3 is 5.97 Å². The summed E-state index contributed by atoms with van der Waals surface area (Å²) in [5.41, 5.74) is 0.331. The highest BCUT2D eigenvalue weighted by Crippen LogP contribution is 2.16. The van der Waals surface area contributed by atoms with Gasteiger partial charge in [0, 0.05) is 0 Å². The number of rotatable bonds is 1. The molecule has 1 aliphatic carbocycles. The Morgan fingerprint density at radius 1 is 1.06 bits per heavy atom. The number of aromatic carboxylic acids is 1. The van der Waals surface area contributed by atoms with Gasteiger partial charge in [0.2, 0.25) is 0 Å². The molecule has 2 N–H and O–H groups in total. The molecule has 0 bridgehead atoms. The fourth-order valence-electron chi connectivity index (χ4n) is 1.66. The van der Waals surface area contributed by atoms with Crippen molar-refractivity contribution in [1.29, 1.82) is 0 Å². The summed E-state index contributed by atoms with van der Waals surface area (Å²) in [7, 11) is 0. The Bertz CT molecular complexity index is 302. The van der Waals surface area contributed by atoms with Crippen LogP contribution in [0.5, 0.6) is 0 Å². The Morgan fingerprint density at radius 2 is 1.62 bits per heavy atom. The average Bonchev–Trinajstić information content (AvgIpc) is 2.32. The molecule has 1 fully saturated rings. The minimum atomic E-state index is -0.879. The van der Waals surface area contributed by atoms with E-state index in [1.54, 1.807) is 30.3 Å². The van der Waals surface area contributed by atoms with Crippen LogP contribution in [0.3, 0.4) is 0 Å². The van der Waals surface area contributed by atoms with Crippen molar-refractivity contribution in [2.24, 2.45) is 0 Å². The lowest BCUT2D eigenvalue weighted by Crippen LogP contribution is -2.09. The van der Waals surface area contributed by atoms with Gasteiger partial charge < -0.3 is 10.2 Å². The van der Waals surface area contributed by atoms with Gasteiger partial charge in [-0.2, -0.15) is 0 Å². The smallest absolute Gasteiger partial charge is 0.335 e. The largest absolute Gasteiger partial charge is 0.478 e. The molecule has 1 saturated carbocycles. The zero-order chi connectivity index (χ0) is 11.8. The zero-order valence-corrected chi connectivity index (χ0v) is 9.30. The number of aliphatic hydroxyl groups is 1. The van der Waals surface area contributed by atoms with E-state index in [2.05, 4.69) is 0 Å². The third kappa shape index (κ3) is 4.94. The topological polar surface area (TPSA) is 57.5 Å². The van der Waals surface area contributed by atoms with Crippen LogP contribution in [-0.4, -0.2) is 22.3 Å². The first kappa shape index (κ1) is 12.7. The molecule has 2 rings (SSSR count). The third-order valence-corrected chi connectivity index (χ3v) is 2.60. The molecule has 0 amide bonds. The molecule has 0 radical (unpaired) electrons. The predicted molar refractivity (Wildman–Crippen MR) is 62.5 cm³/mol. The van der Waals surface area contributed by atoms with Gasteiger partial charge in [0.05, 0.1) is 11.7 Å². The summed E-state index contributed by atoms with van der Waals surface area (Å²) in [6, 6.07) is 8.30. The molecule has 16 heavy (non-hydrogen) atoms. The first-order valence-electron chi connectivity index (χ1n) is 5.66. The van der Waals surface area contributed by atoms with Gasteiger partial charge in [-0.05, 0) is 25.0 Å². The summed E-state index contributed by atoms with van der Waals surface area (Å²) < 4.78 is 0. The van der Waals surface area contributed by atoms with Crippen molar-refractivity contribution >= 4 is 5.97 Å². The minimum absolute atomic E-state index is 0.0359. The van der Waals surface area contributed by atoms with E-state index in [-0.39, 0.29) is 6.10 Å². The van der Waals surface area contributed by atoms with Crippen molar-refractivity contribution in [1.82, 2.24) is 0 Å². The van der Waals surface area contributed by atoms with E-state index in [0.717, 1.165) is 12.8 Å². The Labute approximate surface area is 95.7 Å². The Balaban J connectivity index is 0.000000165. The molecule has 0 atom stereocenters. The highest BCUT2D eigenvalue weighted by molar-refractivity contribution is 5.87. The normalized spacial score (nSPS) is 16.1. The van der Waals surface area contributed by atoms with E-state index < -0.39 is 5.97 Å². The van der Waals surface area contributed by atoms with Crippen molar-refractivity contribution in [2.45, 2.75) is 38.2 Å². The fraction of sp³-hybridized carbons (Fsp3) is 0.462. The van der Waals surface area contributed by atoms with Crippen LogP contribution in [0.2, 0.25) is 0 Å². The number of carbonyl (C=O) groups is 1. The summed E-state index contributed by atoms with van der Waals surface area (Å²) in [4.78, 5) is 10.2. The van der Waals surface area contributed by atoms with E-state index in [1.807, 2.05) is 0 Å². The lowest BCUT2D eigenvalue weighted by Gasteiger charge is -2.14. The van der Waals surface area contributed by atoms with Gasteiger partial charge in [0.25, 0.3) is 0 Å². The molecule has 3 heteroatoms. The molecule has 0 aliphatic heterocycles. The van der Waals surface area contributed by atoms with E-state index in [4.69, 9.17) is 10.2 Å². The number of carboxylic acid groups (broad SMARTS) is 1. The molecule has 0 aromatic heterocycles. The molecule has 0 spiro atoms. The molecule has 0 heterocycles. The van der Waals surface area contributed by atoms with Crippen molar-refractivity contribution in [2.75, 3.05) is 0 Å². The van der Waals surface area contributed by atoms with Gasteiger partial charge in [0.1, 0.15) is 0 Å². The summed E-state index contributed by atoms with van der Waals surface area (Å²) in [5.74, 6) is -0.879. The maximum absolute atomic E-state index is 10.2. The first-order valence-corrected chi connectivity index (χ1v) is 5.66. The van der Waals surface area contributed by atoms with Crippen LogP contribution in [0.25, 0.3) is 0 Å². The Kier molecular flexibility index (Phi) is 5.57. The van der Waals surface area contributed by atoms with E-state index in [9.17, 15) is 4.79 Å². The van der Waals surface area contributed by atoms with Gasteiger partial charge in [-0.15, -0.1) is 0 Å². The van der Waals surface area contributed by atoms with Gasteiger partial charge in [-0.1, -0.05) is 37.5 Å². The number of hydrogen-bond donors (Lipinski definition) is 2. The van der Waals surface area contributed by atoms with Crippen LogP contribution < -0.4 is 0 Å². The van der Waals surface area contributed by atoms with Crippen LogP contribution in [-0.2, 0) is 0 Å². The van der Waals surface area contributed by atoms with Crippen molar-refractivity contribution in [3.63, 3.8) is 0 Å². The molecule has 0 saturated heterocycles. The van der Waals surface area contributed by atoms with Gasteiger partial charge in [-0.3, -0.25) is 0 Å². The van der Waals surface area contributed by atoms with Crippen LogP contribution in [0, 0.1) is 0 Å². The van der Waals surface area contributed by atoms with Gasteiger partial charge in [0.15, 0.2) is 0 Å². The third-order valence-electron chi connectivity index (χ3n) is 2.60. The number of carboxylic acids is 1. The maximum Gasteiger partial charge on any atom is 0.335 e. The van der Waals surface area contributed by atoms with Crippen molar-refractivity contribution in [3.05, 3.63) is 35.9 Å². The van der Waals surface area contributed by atoms with Crippen LogP contribution >= 0.6 is 0 Å². The summed E-state index contributed by atoms with van der Waals surface area (Å²) in [5, 5.41) is 17.3. The molecular weight excluding hydrogens is 204 g/mol. The number of hydrogen-bond acceptors (Lipinski definition) is 2. The second-order valence-corrected chi connectivity index (χ2v) is 3.96. The second-order valence-electron chi connectivity index (χ2n) is 3.96. The van der Waals surface area contributed by atoms with E-state index in [0.29, 0.717) is 5.56 Å². The summed E-state index contributed by atoms with van der Waals surface area (Å²) >= 11 is 0. The maximum atomic E-state index is 10.2. The highest BCUT2D eigenvalue weighted by Gasteiger charge is 2.07. The monoisotopic (exact) mass is 222 g/mol. The van der Waals surface area contributed by atoms with Crippen LogP contribution in [0.1, 0.15) is 42.5 Å². The van der Waals surface area contributed by atoms with E-state index >= 15 is 0 Å².